The Kier molecular flexibility index (Phi) is 41.2. The van der Waals surface area contributed by atoms with Crippen LogP contribution < -0.4 is 5.32 Å². The van der Waals surface area contributed by atoms with Crippen LogP contribution in [0.25, 0.3) is 0 Å². The Bertz CT molecular complexity index is 1160. The summed E-state index contributed by atoms with van der Waals surface area (Å²) in [7, 11) is 1.59. The van der Waals surface area contributed by atoms with Crippen LogP contribution in [0.2, 0.25) is 0 Å². The second kappa shape index (κ2) is 42.5. The molecular formula is C51H96N2O6P+. The molecule has 0 aromatic heterocycles. The number of likely N-dealkylation sites (N-methyl/N-ethyl adjacent to an activating group) is 1. The maximum absolute atomic E-state index is 12.9. The molecule has 1 amide bonds. The van der Waals surface area contributed by atoms with Gasteiger partial charge >= 0.3 is 7.82 Å². The largest absolute Gasteiger partial charge is 0.472 e. The molecule has 0 aromatic rings. The Balaban J connectivity index is 4.35. The number of rotatable bonds is 44. The average molecular weight is 864 g/mol. The van der Waals surface area contributed by atoms with Crippen LogP contribution in [0.3, 0.4) is 0 Å². The molecule has 0 aliphatic carbocycles. The first-order valence-electron chi connectivity index (χ1n) is 24.7. The Hall–Kier alpha value is -1.80. The molecule has 60 heavy (non-hydrogen) atoms. The van der Waals surface area contributed by atoms with E-state index in [0.717, 1.165) is 89.9 Å². The number of quaternary nitrogens is 1. The van der Waals surface area contributed by atoms with Crippen molar-refractivity contribution in [2.45, 2.75) is 219 Å². The SMILES string of the molecule is CC/C=C\C/C=C\C/C=C\C/C=C\C/C=C\CCCCCCCC(=O)NC(COP(=O)(O)OCC[N+](C)(C)C)C(O)CCCCCCCCCCCCCCCCCCC. The fourth-order valence-corrected chi connectivity index (χ4v) is 7.63. The van der Waals surface area contributed by atoms with Gasteiger partial charge in [0.2, 0.25) is 5.91 Å². The number of carbonyl (C=O) groups excluding carboxylic acids is 1. The molecule has 350 valence electrons. The fourth-order valence-electron chi connectivity index (χ4n) is 6.90. The van der Waals surface area contributed by atoms with Crippen molar-refractivity contribution in [3.05, 3.63) is 60.8 Å². The van der Waals surface area contributed by atoms with E-state index in [4.69, 9.17) is 9.05 Å². The fraction of sp³-hybridized carbons (Fsp3) is 0.784. The number of nitrogens with zero attached hydrogens (tertiary/aromatic N) is 1. The lowest BCUT2D eigenvalue weighted by atomic mass is 10.0. The number of phosphoric acid groups is 1. The van der Waals surface area contributed by atoms with Crippen LogP contribution in [0.5, 0.6) is 0 Å². The first-order valence-corrected chi connectivity index (χ1v) is 26.1. The normalized spacial score (nSPS) is 14.7. The summed E-state index contributed by atoms with van der Waals surface area (Å²) in [5, 5.41) is 14.0. The lowest BCUT2D eigenvalue weighted by Gasteiger charge is -2.26. The Morgan fingerprint density at radius 2 is 1.00 bits per heavy atom. The number of amides is 1. The summed E-state index contributed by atoms with van der Waals surface area (Å²) in [5.41, 5.74) is 0. The summed E-state index contributed by atoms with van der Waals surface area (Å²) in [6, 6.07) is -0.774. The van der Waals surface area contributed by atoms with Gasteiger partial charge in [-0.05, 0) is 57.8 Å². The maximum Gasteiger partial charge on any atom is 0.472 e. The van der Waals surface area contributed by atoms with Crippen molar-refractivity contribution in [2.75, 3.05) is 40.9 Å². The molecule has 0 bridgehead atoms. The van der Waals surface area contributed by atoms with Crippen LogP contribution in [0, 0.1) is 0 Å². The van der Waals surface area contributed by atoms with Crippen molar-refractivity contribution in [1.82, 2.24) is 5.32 Å². The highest BCUT2D eigenvalue weighted by Gasteiger charge is 2.28. The molecule has 0 spiro atoms. The average Bonchev–Trinajstić information content (AvgIpc) is 3.20. The highest BCUT2D eigenvalue weighted by atomic mass is 31.2. The van der Waals surface area contributed by atoms with Crippen molar-refractivity contribution in [2.24, 2.45) is 0 Å². The first-order chi connectivity index (χ1) is 29.0. The van der Waals surface area contributed by atoms with Crippen LogP contribution in [0.4, 0.5) is 0 Å². The van der Waals surface area contributed by atoms with Gasteiger partial charge in [0.1, 0.15) is 13.2 Å². The van der Waals surface area contributed by atoms with Crippen LogP contribution in [-0.2, 0) is 18.4 Å². The Morgan fingerprint density at radius 1 is 0.583 bits per heavy atom. The molecule has 0 fully saturated rings. The summed E-state index contributed by atoms with van der Waals surface area (Å²) in [6.07, 6.45) is 55.3. The smallest absolute Gasteiger partial charge is 0.391 e. The van der Waals surface area contributed by atoms with Gasteiger partial charge in [-0.2, -0.15) is 0 Å². The molecule has 0 radical (unpaired) electrons. The predicted molar refractivity (Wildman–Crippen MR) is 258 cm³/mol. The van der Waals surface area contributed by atoms with E-state index in [9.17, 15) is 19.4 Å². The van der Waals surface area contributed by atoms with Gasteiger partial charge in [0, 0.05) is 6.42 Å². The van der Waals surface area contributed by atoms with Crippen LogP contribution >= 0.6 is 7.82 Å². The molecule has 0 rings (SSSR count). The standard InChI is InChI=1S/C51H95N2O6P/c1-6-8-10-12-14-16-18-20-22-24-25-26-27-29-31-33-35-37-39-41-43-45-51(55)52-49(48-59-60(56,57)58-47-46-53(3,4)5)50(54)44-42-40-38-36-34-32-30-28-23-21-19-17-15-13-11-9-7-2/h8,10,14,16,20,22,25-26,29,31,49-50,54H,6-7,9,11-13,15,17-19,21,23-24,27-28,30,32-48H2,1-5H3,(H-,52,55,56,57)/p+1/b10-8-,16-14-,22-20-,26-25-,31-29-. The van der Waals surface area contributed by atoms with E-state index in [1.54, 1.807) is 0 Å². The number of unbranched alkanes of at least 4 members (excludes halogenated alkanes) is 21. The minimum atomic E-state index is -4.33. The van der Waals surface area contributed by atoms with E-state index in [-0.39, 0.29) is 19.1 Å². The minimum absolute atomic E-state index is 0.0679. The van der Waals surface area contributed by atoms with E-state index in [1.807, 2.05) is 21.1 Å². The number of nitrogens with one attached hydrogen (secondary N) is 1. The Labute approximate surface area is 371 Å². The molecule has 0 saturated heterocycles. The summed E-state index contributed by atoms with van der Waals surface area (Å²) in [6.45, 7) is 4.76. The van der Waals surface area contributed by atoms with Gasteiger partial charge in [-0.15, -0.1) is 0 Å². The van der Waals surface area contributed by atoms with Gasteiger partial charge in [-0.25, -0.2) is 4.57 Å². The van der Waals surface area contributed by atoms with Crippen LogP contribution in [0.1, 0.15) is 206 Å². The van der Waals surface area contributed by atoms with Gasteiger partial charge in [0.15, 0.2) is 0 Å². The second-order valence-electron chi connectivity index (χ2n) is 17.8. The third kappa shape index (κ3) is 44.3. The number of phosphoric ester groups is 1. The van der Waals surface area contributed by atoms with Gasteiger partial charge < -0.3 is 19.8 Å². The monoisotopic (exact) mass is 864 g/mol. The molecule has 0 saturated carbocycles. The van der Waals surface area contributed by atoms with Crippen molar-refractivity contribution < 1.29 is 32.9 Å². The van der Waals surface area contributed by atoms with E-state index < -0.39 is 20.0 Å². The highest BCUT2D eigenvalue weighted by Crippen LogP contribution is 2.43. The molecule has 0 aromatic carbocycles. The minimum Gasteiger partial charge on any atom is -0.391 e. The number of hydrogen-bond donors (Lipinski definition) is 3. The molecule has 0 aliphatic rings. The number of allylic oxidation sites excluding steroid dienone is 10. The van der Waals surface area contributed by atoms with E-state index in [0.29, 0.717) is 23.9 Å². The maximum atomic E-state index is 12.9. The lowest BCUT2D eigenvalue weighted by molar-refractivity contribution is -0.870. The molecular weight excluding hydrogens is 768 g/mol. The summed E-state index contributed by atoms with van der Waals surface area (Å²) >= 11 is 0. The molecule has 3 atom stereocenters. The number of hydrogen-bond acceptors (Lipinski definition) is 5. The van der Waals surface area contributed by atoms with E-state index in [2.05, 4.69) is 79.9 Å². The quantitative estimate of drug-likeness (QED) is 0.0244. The van der Waals surface area contributed by atoms with Gasteiger partial charge in [-0.3, -0.25) is 13.8 Å². The molecule has 8 nitrogen and oxygen atoms in total. The Morgan fingerprint density at radius 3 is 1.47 bits per heavy atom. The zero-order valence-electron chi connectivity index (χ0n) is 39.7. The van der Waals surface area contributed by atoms with Crippen molar-refractivity contribution in [3.8, 4) is 0 Å². The zero-order chi connectivity index (χ0) is 44.3. The molecule has 3 unspecified atom stereocenters. The molecule has 3 N–H and O–H groups in total. The summed E-state index contributed by atoms with van der Waals surface area (Å²) < 4.78 is 23.7. The van der Waals surface area contributed by atoms with Crippen molar-refractivity contribution >= 4 is 13.7 Å². The molecule has 0 aliphatic heterocycles. The zero-order valence-corrected chi connectivity index (χ0v) is 40.6. The van der Waals surface area contributed by atoms with Crippen molar-refractivity contribution in [3.63, 3.8) is 0 Å². The lowest BCUT2D eigenvalue weighted by Crippen LogP contribution is -2.46. The first kappa shape index (κ1) is 58.2. The number of carbonyl (C=O) groups is 1. The summed E-state index contributed by atoms with van der Waals surface area (Å²) in [5.74, 6) is -0.164. The topological polar surface area (TPSA) is 105 Å². The third-order valence-electron chi connectivity index (χ3n) is 10.8. The third-order valence-corrected chi connectivity index (χ3v) is 11.8. The van der Waals surface area contributed by atoms with Gasteiger partial charge in [-0.1, -0.05) is 203 Å². The highest BCUT2D eigenvalue weighted by molar-refractivity contribution is 7.47. The van der Waals surface area contributed by atoms with Gasteiger partial charge in [0.25, 0.3) is 0 Å². The number of aliphatic hydroxyl groups excluding tert-OH is 1. The van der Waals surface area contributed by atoms with Gasteiger partial charge in [0.05, 0.1) is 39.9 Å². The predicted octanol–water partition coefficient (Wildman–Crippen LogP) is 14.2. The number of aliphatic hydroxyl groups is 1. The molecule has 0 heterocycles. The van der Waals surface area contributed by atoms with E-state index >= 15 is 0 Å². The van der Waals surface area contributed by atoms with E-state index in [1.165, 1.54) is 89.9 Å². The van der Waals surface area contributed by atoms with Crippen molar-refractivity contribution in [1.29, 1.82) is 0 Å². The van der Waals surface area contributed by atoms with Crippen LogP contribution in [0.15, 0.2) is 60.8 Å². The molecule has 9 heteroatoms. The van der Waals surface area contributed by atoms with Crippen LogP contribution in [-0.4, -0.2) is 73.4 Å². The summed E-state index contributed by atoms with van der Waals surface area (Å²) in [4.78, 5) is 23.2. The second-order valence-corrected chi connectivity index (χ2v) is 19.3.